The van der Waals surface area contributed by atoms with Crippen LogP contribution in [0.5, 0.6) is 0 Å². The van der Waals surface area contributed by atoms with E-state index in [2.05, 4.69) is 37.9 Å². The SMILES string of the molecule is CCN(CC)CCNc1c(C(C)C)c(=S)c1=S. The summed E-state index contributed by atoms with van der Waals surface area (Å²) in [6, 6.07) is 0. The normalized spacial score (nSPS) is 11.6. The van der Waals surface area contributed by atoms with Crippen LogP contribution in [0.3, 0.4) is 0 Å². The quantitative estimate of drug-likeness (QED) is 0.756. The molecule has 17 heavy (non-hydrogen) atoms. The van der Waals surface area contributed by atoms with Gasteiger partial charge in [0.1, 0.15) is 0 Å². The predicted molar refractivity (Wildman–Crippen MR) is 80.8 cm³/mol. The molecule has 0 spiro atoms. The van der Waals surface area contributed by atoms with Crippen LogP contribution in [0.2, 0.25) is 0 Å². The third kappa shape index (κ3) is 3.33. The fourth-order valence-electron chi connectivity index (χ4n) is 2.01. The third-order valence-corrected chi connectivity index (χ3v) is 4.11. The van der Waals surface area contributed by atoms with Gasteiger partial charge in [0, 0.05) is 13.1 Å². The van der Waals surface area contributed by atoms with E-state index in [-0.39, 0.29) is 0 Å². The molecule has 0 saturated heterocycles. The molecule has 0 unspecified atom stereocenters. The average Bonchev–Trinajstić information content (AvgIpc) is 2.31. The van der Waals surface area contributed by atoms with Crippen molar-refractivity contribution in [1.29, 1.82) is 0 Å². The molecule has 96 valence electrons. The Hall–Kier alpha value is -0.320. The van der Waals surface area contributed by atoms with Gasteiger partial charge in [-0.2, -0.15) is 0 Å². The lowest BCUT2D eigenvalue weighted by molar-refractivity contribution is 0.316. The maximum absolute atomic E-state index is 5.28. The maximum Gasteiger partial charge on any atom is 0.0796 e. The number of rotatable bonds is 7. The topological polar surface area (TPSA) is 15.3 Å². The van der Waals surface area contributed by atoms with Crippen LogP contribution in [0.15, 0.2) is 0 Å². The van der Waals surface area contributed by atoms with Gasteiger partial charge in [-0.3, -0.25) is 0 Å². The van der Waals surface area contributed by atoms with Crippen LogP contribution >= 0.6 is 24.4 Å². The van der Waals surface area contributed by atoms with Gasteiger partial charge in [0.05, 0.1) is 14.7 Å². The molecule has 0 aromatic heterocycles. The number of hydrogen-bond donors (Lipinski definition) is 1. The number of anilines is 1. The van der Waals surface area contributed by atoms with E-state index in [1.807, 2.05) is 0 Å². The average molecular weight is 270 g/mol. The van der Waals surface area contributed by atoms with E-state index in [0.717, 1.165) is 40.9 Å². The summed E-state index contributed by atoms with van der Waals surface area (Å²) in [5.41, 5.74) is 2.36. The van der Waals surface area contributed by atoms with E-state index < -0.39 is 0 Å². The van der Waals surface area contributed by atoms with Gasteiger partial charge in [0.15, 0.2) is 0 Å². The van der Waals surface area contributed by atoms with Crippen molar-refractivity contribution in [3.8, 4) is 0 Å². The summed E-state index contributed by atoms with van der Waals surface area (Å²) in [4.78, 5) is 2.39. The van der Waals surface area contributed by atoms with Crippen molar-refractivity contribution in [1.82, 2.24) is 4.90 Å². The molecule has 0 fully saturated rings. The van der Waals surface area contributed by atoms with Crippen LogP contribution in [-0.4, -0.2) is 31.1 Å². The minimum atomic E-state index is 0.463. The monoisotopic (exact) mass is 270 g/mol. The zero-order valence-corrected chi connectivity index (χ0v) is 12.8. The number of nitrogens with one attached hydrogen (secondary N) is 1. The minimum Gasteiger partial charge on any atom is -0.382 e. The molecule has 0 aliphatic carbocycles. The highest BCUT2D eigenvalue weighted by Gasteiger charge is 2.16. The van der Waals surface area contributed by atoms with E-state index in [1.54, 1.807) is 0 Å². The van der Waals surface area contributed by atoms with Crippen molar-refractivity contribution in [3.63, 3.8) is 0 Å². The van der Waals surface area contributed by atoms with E-state index in [0.29, 0.717) is 5.92 Å². The standard InChI is InChI=1S/C13H22N2S2/c1-5-15(6-2)8-7-14-11-10(9(3)4)12(16)13(11)17/h9,14H,5-8H2,1-4H3. The molecule has 0 radical (unpaired) electrons. The molecule has 0 heterocycles. The number of likely N-dealkylation sites (N-methyl/N-ethyl adjacent to an activating group) is 1. The molecule has 1 aromatic rings. The van der Waals surface area contributed by atoms with Gasteiger partial charge in [-0.15, -0.1) is 0 Å². The molecule has 2 nitrogen and oxygen atoms in total. The molecule has 0 saturated carbocycles. The van der Waals surface area contributed by atoms with Crippen molar-refractivity contribution in [2.24, 2.45) is 0 Å². The Morgan fingerprint density at radius 3 is 2.18 bits per heavy atom. The van der Waals surface area contributed by atoms with Crippen LogP contribution in [0, 0.1) is 9.02 Å². The molecule has 0 bridgehead atoms. The highest BCUT2D eigenvalue weighted by Crippen LogP contribution is 2.32. The van der Waals surface area contributed by atoms with E-state index in [1.165, 1.54) is 5.56 Å². The molecule has 0 atom stereocenters. The largest absolute Gasteiger partial charge is 0.382 e. The van der Waals surface area contributed by atoms with Crippen molar-refractivity contribution >= 4 is 30.1 Å². The Bertz CT molecular complexity index is 427. The predicted octanol–water partition coefficient (Wildman–Crippen LogP) is 3.90. The zero-order valence-electron chi connectivity index (χ0n) is 11.2. The molecule has 1 rings (SSSR count). The minimum absolute atomic E-state index is 0.463. The summed E-state index contributed by atoms with van der Waals surface area (Å²) < 4.78 is 1.74. The summed E-state index contributed by atoms with van der Waals surface area (Å²) in [5.74, 6) is 0.463. The summed E-state index contributed by atoms with van der Waals surface area (Å²) in [6.45, 7) is 12.9. The van der Waals surface area contributed by atoms with Gasteiger partial charge in [0.25, 0.3) is 0 Å². The highest BCUT2D eigenvalue weighted by atomic mass is 32.1. The molecule has 1 aromatic carbocycles. The second-order valence-corrected chi connectivity index (χ2v) is 5.37. The Balaban J connectivity index is 2.56. The smallest absolute Gasteiger partial charge is 0.0796 e. The van der Waals surface area contributed by atoms with E-state index in [9.17, 15) is 0 Å². The number of hydrogen-bond acceptors (Lipinski definition) is 4. The first-order valence-electron chi connectivity index (χ1n) is 6.32. The van der Waals surface area contributed by atoms with Gasteiger partial charge < -0.3 is 10.2 Å². The van der Waals surface area contributed by atoms with Crippen molar-refractivity contribution < 1.29 is 0 Å². The van der Waals surface area contributed by atoms with Crippen LogP contribution in [-0.2, 0) is 0 Å². The first-order chi connectivity index (χ1) is 8.02. The Morgan fingerprint density at radius 1 is 1.12 bits per heavy atom. The lowest BCUT2D eigenvalue weighted by Crippen LogP contribution is -2.29. The number of nitrogens with zero attached hydrogens (tertiary/aromatic N) is 1. The van der Waals surface area contributed by atoms with Crippen molar-refractivity contribution in [3.05, 3.63) is 14.6 Å². The summed E-state index contributed by atoms with van der Waals surface area (Å²) in [7, 11) is 0. The second kappa shape index (κ2) is 6.57. The summed E-state index contributed by atoms with van der Waals surface area (Å²) in [6.07, 6.45) is 0. The van der Waals surface area contributed by atoms with Gasteiger partial charge in [-0.05, 0) is 24.6 Å². The first-order valence-corrected chi connectivity index (χ1v) is 7.13. The van der Waals surface area contributed by atoms with Crippen LogP contribution in [0.25, 0.3) is 0 Å². The molecular formula is C13H22N2S2. The first kappa shape index (κ1) is 14.7. The molecule has 0 amide bonds. The van der Waals surface area contributed by atoms with Gasteiger partial charge >= 0.3 is 0 Å². The van der Waals surface area contributed by atoms with Gasteiger partial charge in [-0.1, -0.05) is 52.1 Å². The highest BCUT2D eigenvalue weighted by molar-refractivity contribution is 7.74. The van der Waals surface area contributed by atoms with Crippen molar-refractivity contribution in [2.75, 3.05) is 31.5 Å². The van der Waals surface area contributed by atoms with Crippen LogP contribution in [0.1, 0.15) is 39.2 Å². The van der Waals surface area contributed by atoms with Gasteiger partial charge in [-0.25, -0.2) is 0 Å². The zero-order chi connectivity index (χ0) is 13.0. The summed E-state index contributed by atoms with van der Waals surface area (Å²) in [5, 5.41) is 3.44. The Morgan fingerprint density at radius 2 is 1.71 bits per heavy atom. The fraction of sp³-hybridized carbons (Fsp3) is 0.692. The fourth-order valence-corrected chi connectivity index (χ4v) is 2.75. The van der Waals surface area contributed by atoms with Crippen LogP contribution in [0.4, 0.5) is 5.69 Å². The molecule has 0 aliphatic rings. The Labute approximate surface area is 115 Å². The molecule has 0 aliphatic heterocycles. The Kier molecular flexibility index (Phi) is 5.70. The van der Waals surface area contributed by atoms with E-state index in [4.69, 9.17) is 24.4 Å². The molecule has 1 N–H and O–H groups in total. The van der Waals surface area contributed by atoms with E-state index >= 15 is 0 Å². The lowest BCUT2D eigenvalue weighted by Gasteiger charge is -2.22. The second-order valence-electron chi connectivity index (χ2n) is 4.56. The maximum atomic E-state index is 5.28. The van der Waals surface area contributed by atoms with Crippen molar-refractivity contribution in [2.45, 2.75) is 33.6 Å². The van der Waals surface area contributed by atoms with Gasteiger partial charge in [0.2, 0.25) is 0 Å². The lowest BCUT2D eigenvalue weighted by atomic mass is 9.97. The summed E-state index contributed by atoms with van der Waals surface area (Å²) >= 11 is 10.6. The molecule has 4 heteroatoms. The third-order valence-electron chi connectivity index (χ3n) is 3.15. The molecular weight excluding hydrogens is 248 g/mol. The van der Waals surface area contributed by atoms with Crippen LogP contribution < -0.4 is 5.32 Å².